The van der Waals surface area contributed by atoms with Crippen molar-refractivity contribution >= 4 is 22.5 Å². The summed E-state index contributed by atoms with van der Waals surface area (Å²) in [5.74, 6) is 0.345. The van der Waals surface area contributed by atoms with E-state index in [4.69, 9.17) is 0 Å². The zero-order chi connectivity index (χ0) is 15.0. The zero-order valence-electron chi connectivity index (χ0n) is 11.0. The van der Waals surface area contributed by atoms with Crippen LogP contribution in [0.4, 0.5) is 24.7 Å². The fourth-order valence-electron chi connectivity index (χ4n) is 2.14. The van der Waals surface area contributed by atoms with Crippen LogP contribution in [0.3, 0.4) is 0 Å². The average Bonchev–Trinajstić information content (AvgIpc) is 2.81. The van der Waals surface area contributed by atoms with Crippen LogP contribution in [0, 0.1) is 0 Å². The molecular weight excluding hydrogens is 281 g/mol. The number of nitrogens with zero attached hydrogens (tertiary/aromatic N) is 3. The molecule has 21 heavy (non-hydrogen) atoms. The number of aryl methyl sites for hydroxylation is 1. The number of hydrogen-bond acceptors (Lipinski definition) is 3. The lowest BCUT2D eigenvalue weighted by Gasteiger charge is -2.14. The summed E-state index contributed by atoms with van der Waals surface area (Å²) < 4.78 is 40.8. The molecule has 0 aliphatic heterocycles. The molecule has 0 fully saturated rings. The SMILES string of the molecule is Cn1ccc2c(Nc3ccccc3C(F)(F)F)ncnc21. The lowest BCUT2D eigenvalue weighted by atomic mass is 10.1. The highest BCUT2D eigenvalue weighted by Gasteiger charge is 2.33. The first-order valence-electron chi connectivity index (χ1n) is 6.16. The molecule has 4 nitrogen and oxygen atoms in total. The number of anilines is 2. The summed E-state index contributed by atoms with van der Waals surface area (Å²) >= 11 is 0. The van der Waals surface area contributed by atoms with Crippen molar-refractivity contribution in [2.75, 3.05) is 5.32 Å². The summed E-state index contributed by atoms with van der Waals surface area (Å²) in [5, 5.41) is 3.41. The highest BCUT2D eigenvalue weighted by atomic mass is 19.4. The third-order valence-electron chi connectivity index (χ3n) is 3.15. The van der Waals surface area contributed by atoms with Crippen LogP contribution >= 0.6 is 0 Å². The smallest absolute Gasteiger partial charge is 0.339 e. The van der Waals surface area contributed by atoms with E-state index >= 15 is 0 Å². The van der Waals surface area contributed by atoms with Crippen molar-refractivity contribution in [2.24, 2.45) is 7.05 Å². The Kier molecular flexibility index (Phi) is 3.04. The van der Waals surface area contributed by atoms with Gasteiger partial charge >= 0.3 is 6.18 Å². The predicted octanol–water partition coefficient (Wildman–Crippen LogP) is 3.73. The van der Waals surface area contributed by atoms with Gasteiger partial charge in [-0.1, -0.05) is 12.1 Å². The Bertz CT molecular complexity index is 792. The van der Waals surface area contributed by atoms with Crippen LogP contribution in [0.2, 0.25) is 0 Å². The van der Waals surface area contributed by atoms with Crippen LogP contribution in [0.25, 0.3) is 11.0 Å². The van der Waals surface area contributed by atoms with Gasteiger partial charge in [-0.15, -0.1) is 0 Å². The van der Waals surface area contributed by atoms with E-state index < -0.39 is 11.7 Å². The molecule has 1 aromatic carbocycles. The van der Waals surface area contributed by atoms with E-state index in [1.165, 1.54) is 18.5 Å². The molecule has 0 bridgehead atoms. The van der Waals surface area contributed by atoms with Gasteiger partial charge in [-0.3, -0.25) is 0 Å². The van der Waals surface area contributed by atoms with Crippen LogP contribution in [0.1, 0.15) is 5.56 Å². The lowest BCUT2D eigenvalue weighted by molar-refractivity contribution is -0.136. The van der Waals surface area contributed by atoms with E-state index in [9.17, 15) is 13.2 Å². The lowest BCUT2D eigenvalue weighted by Crippen LogP contribution is -2.09. The van der Waals surface area contributed by atoms with Crippen LogP contribution in [-0.2, 0) is 13.2 Å². The molecule has 7 heteroatoms. The van der Waals surface area contributed by atoms with Gasteiger partial charge in [0.05, 0.1) is 16.6 Å². The Balaban J connectivity index is 2.08. The number of para-hydroxylation sites is 1. The molecule has 0 aliphatic carbocycles. The number of alkyl halides is 3. The van der Waals surface area contributed by atoms with Crippen molar-refractivity contribution in [1.29, 1.82) is 0 Å². The van der Waals surface area contributed by atoms with E-state index in [1.54, 1.807) is 22.9 Å². The van der Waals surface area contributed by atoms with Gasteiger partial charge in [-0.05, 0) is 18.2 Å². The largest absolute Gasteiger partial charge is 0.418 e. The number of halogens is 3. The molecule has 0 saturated heterocycles. The maximum absolute atomic E-state index is 13.0. The first-order chi connectivity index (χ1) is 9.97. The van der Waals surface area contributed by atoms with Gasteiger partial charge in [0.2, 0.25) is 0 Å². The Morgan fingerprint density at radius 1 is 1.10 bits per heavy atom. The highest BCUT2D eigenvalue weighted by Crippen LogP contribution is 2.36. The maximum Gasteiger partial charge on any atom is 0.418 e. The molecule has 1 N–H and O–H groups in total. The molecule has 3 rings (SSSR count). The monoisotopic (exact) mass is 292 g/mol. The molecular formula is C14H11F3N4. The van der Waals surface area contributed by atoms with Crippen LogP contribution < -0.4 is 5.32 Å². The number of benzene rings is 1. The normalized spacial score (nSPS) is 11.8. The minimum Gasteiger partial charge on any atom is -0.339 e. The first kappa shape index (κ1) is 13.4. The maximum atomic E-state index is 13.0. The number of nitrogens with one attached hydrogen (secondary N) is 1. The third-order valence-corrected chi connectivity index (χ3v) is 3.15. The van der Waals surface area contributed by atoms with E-state index in [0.717, 1.165) is 6.07 Å². The van der Waals surface area contributed by atoms with E-state index in [2.05, 4.69) is 15.3 Å². The van der Waals surface area contributed by atoms with E-state index in [-0.39, 0.29) is 5.69 Å². The Hall–Kier alpha value is -2.57. The summed E-state index contributed by atoms with van der Waals surface area (Å²) in [6.45, 7) is 0. The second-order valence-electron chi connectivity index (χ2n) is 4.55. The van der Waals surface area contributed by atoms with Crippen molar-refractivity contribution in [2.45, 2.75) is 6.18 Å². The van der Waals surface area contributed by atoms with E-state index in [1.807, 2.05) is 7.05 Å². The molecule has 0 spiro atoms. The second kappa shape index (κ2) is 4.76. The highest BCUT2D eigenvalue weighted by molar-refractivity contribution is 5.89. The zero-order valence-corrected chi connectivity index (χ0v) is 11.0. The van der Waals surface area contributed by atoms with Gasteiger partial charge in [0.25, 0.3) is 0 Å². The molecule has 0 saturated carbocycles. The second-order valence-corrected chi connectivity index (χ2v) is 4.55. The number of hydrogen-bond donors (Lipinski definition) is 1. The standard InChI is InChI=1S/C14H11F3N4/c1-21-7-6-9-12(18-8-19-13(9)21)20-11-5-3-2-4-10(11)14(15,16)17/h2-8H,1H3,(H,18,19,20). The van der Waals surface area contributed by atoms with Gasteiger partial charge in [-0.2, -0.15) is 13.2 Å². The van der Waals surface area contributed by atoms with E-state index in [0.29, 0.717) is 16.9 Å². The molecule has 0 aliphatic rings. The van der Waals surface area contributed by atoms with Crippen molar-refractivity contribution in [3.8, 4) is 0 Å². The summed E-state index contributed by atoms with van der Waals surface area (Å²) in [5.41, 5.74) is -0.112. The molecule has 2 aromatic heterocycles. The topological polar surface area (TPSA) is 42.7 Å². The summed E-state index contributed by atoms with van der Waals surface area (Å²) in [6.07, 6.45) is -1.33. The third kappa shape index (κ3) is 2.42. The van der Waals surface area contributed by atoms with Crippen LogP contribution in [0.5, 0.6) is 0 Å². The van der Waals surface area contributed by atoms with Crippen LogP contribution in [-0.4, -0.2) is 14.5 Å². The molecule has 2 heterocycles. The predicted molar refractivity (Wildman–Crippen MR) is 73.2 cm³/mol. The van der Waals surface area contributed by atoms with Gasteiger partial charge in [-0.25, -0.2) is 9.97 Å². The minimum absolute atomic E-state index is 0.0335. The Morgan fingerprint density at radius 2 is 1.86 bits per heavy atom. The molecule has 0 unspecified atom stereocenters. The number of fused-ring (bicyclic) bond motifs is 1. The van der Waals surface area contributed by atoms with Crippen molar-refractivity contribution in [3.05, 3.63) is 48.4 Å². The Morgan fingerprint density at radius 3 is 2.62 bits per heavy atom. The average molecular weight is 292 g/mol. The molecule has 108 valence electrons. The Labute approximate surface area is 118 Å². The minimum atomic E-state index is -4.42. The number of aromatic nitrogens is 3. The molecule has 0 radical (unpaired) electrons. The van der Waals surface area contributed by atoms with Crippen LogP contribution in [0.15, 0.2) is 42.9 Å². The van der Waals surface area contributed by atoms with Gasteiger partial charge in [0.1, 0.15) is 17.8 Å². The van der Waals surface area contributed by atoms with Gasteiger partial charge in [0, 0.05) is 13.2 Å². The molecule has 3 aromatic rings. The fourth-order valence-corrected chi connectivity index (χ4v) is 2.14. The van der Waals surface area contributed by atoms with Crippen molar-refractivity contribution in [3.63, 3.8) is 0 Å². The first-order valence-corrected chi connectivity index (χ1v) is 6.16. The quantitative estimate of drug-likeness (QED) is 0.782. The van der Waals surface area contributed by atoms with Gasteiger partial charge in [0.15, 0.2) is 0 Å². The molecule has 0 amide bonds. The number of rotatable bonds is 2. The van der Waals surface area contributed by atoms with Crippen molar-refractivity contribution in [1.82, 2.24) is 14.5 Å². The summed E-state index contributed by atoms with van der Waals surface area (Å²) in [4.78, 5) is 8.14. The summed E-state index contributed by atoms with van der Waals surface area (Å²) in [7, 11) is 1.81. The fraction of sp³-hybridized carbons (Fsp3) is 0.143. The van der Waals surface area contributed by atoms with Crippen molar-refractivity contribution < 1.29 is 13.2 Å². The summed E-state index contributed by atoms with van der Waals surface area (Å²) in [6, 6.07) is 7.06. The van der Waals surface area contributed by atoms with Gasteiger partial charge < -0.3 is 9.88 Å². The molecule has 0 atom stereocenters.